The Balaban J connectivity index is 2.61. The van der Waals surface area contributed by atoms with Crippen LogP contribution in [0.1, 0.15) is 0 Å². The second kappa shape index (κ2) is 3.58. The molecule has 16 heavy (non-hydrogen) atoms. The Morgan fingerprint density at radius 1 is 0.750 bits per heavy atom. The van der Waals surface area contributed by atoms with E-state index >= 15 is 0 Å². The van der Waals surface area contributed by atoms with E-state index in [9.17, 15) is 20.2 Å². The SMILES string of the molecule is O=[N+]([O-])c1ccc2cc([N+](=O)[O-])ccc2c1. The van der Waals surface area contributed by atoms with Crippen molar-refractivity contribution in [3.8, 4) is 0 Å². The first-order valence-electron chi connectivity index (χ1n) is 4.40. The summed E-state index contributed by atoms with van der Waals surface area (Å²) < 4.78 is 0. The highest BCUT2D eigenvalue weighted by atomic mass is 16.6. The number of nitro benzene ring substituents is 2. The van der Waals surface area contributed by atoms with Crippen LogP contribution in [0, 0.1) is 20.2 Å². The fraction of sp³-hybridized carbons (Fsp3) is 0. The van der Waals surface area contributed by atoms with Crippen LogP contribution >= 0.6 is 0 Å². The van der Waals surface area contributed by atoms with Gasteiger partial charge in [0.2, 0.25) is 0 Å². The van der Waals surface area contributed by atoms with E-state index in [0.717, 1.165) is 0 Å². The van der Waals surface area contributed by atoms with Gasteiger partial charge in [0, 0.05) is 24.3 Å². The number of fused-ring (bicyclic) bond motifs is 1. The molecular weight excluding hydrogens is 212 g/mol. The smallest absolute Gasteiger partial charge is 0.258 e. The molecular formula is C10H6N2O4. The van der Waals surface area contributed by atoms with Gasteiger partial charge in [0.05, 0.1) is 9.85 Å². The minimum atomic E-state index is -0.499. The highest BCUT2D eigenvalue weighted by molar-refractivity contribution is 5.86. The van der Waals surface area contributed by atoms with Gasteiger partial charge in [-0.05, 0) is 22.9 Å². The monoisotopic (exact) mass is 218 g/mol. The van der Waals surface area contributed by atoms with Crippen molar-refractivity contribution in [1.82, 2.24) is 0 Å². The molecule has 0 aliphatic heterocycles. The van der Waals surface area contributed by atoms with Gasteiger partial charge in [0.25, 0.3) is 11.4 Å². The minimum Gasteiger partial charge on any atom is -0.258 e. The molecule has 2 aromatic rings. The Kier molecular flexibility index (Phi) is 2.24. The number of benzene rings is 2. The summed E-state index contributed by atoms with van der Waals surface area (Å²) in [4.78, 5) is 20.0. The quantitative estimate of drug-likeness (QED) is 0.572. The standard InChI is InChI=1S/C10H6N2O4/c13-11(14)9-3-1-7-5-10(12(15)16)4-2-8(7)6-9/h1-6H. The summed E-state index contributed by atoms with van der Waals surface area (Å²) in [6, 6.07) is 8.43. The molecule has 0 aliphatic carbocycles. The van der Waals surface area contributed by atoms with Crippen molar-refractivity contribution in [3.63, 3.8) is 0 Å². The highest BCUT2D eigenvalue weighted by Crippen LogP contribution is 2.24. The molecule has 2 rings (SSSR count). The van der Waals surface area contributed by atoms with E-state index in [1.54, 1.807) is 0 Å². The minimum absolute atomic E-state index is 0.0265. The molecule has 0 saturated heterocycles. The van der Waals surface area contributed by atoms with Crippen LogP contribution in [-0.4, -0.2) is 9.85 Å². The van der Waals surface area contributed by atoms with Crippen LogP contribution in [0.15, 0.2) is 36.4 Å². The molecule has 0 bridgehead atoms. The Bertz CT molecular complexity index is 541. The van der Waals surface area contributed by atoms with Gasteiger partial charge in [-0.15, -0.1) is 0 Å². The molecule has 0 heterocycles. The van der Waals surface area contributed by atoms with E-state index in [1.807, 2.05) is 0 Å². The second-order valence-electron chi connectivity index (χ2n) is 3.23. The summed E-state index contributed by atoms with van der Waals surface area (Å²) >= 11 is 0. The lowest BCUT2D eigenvalue weighted by Gasteiger charge is -1.97. The fourth-order valence-electron chi connectivity index (χ4n) is 1.45. The molecule has 0 atom stereocenters. The van der Waals surface area contributed by atoms with Crippen molar-refractivity contribution in [1.29, 1.82) is 0 Å². The van der Waals surface area contributed by atoms with Crippen LogP contribution in [-0.2, 0) is 0 Å². The topological polar surface area (TPSA) is 86.3 Å². The van der Waals surface area contributed by atoms with Gasteiger partial charge in [-0.25, -0.2) is 0 Å². The Morgan fingerprint density at radius 3 is 1.44 bits per heavy atom. The van der Waals surface area contributed by atoms with Gasteiger partial charge in [0.1, 0.15) is 0 Å². The predicted octanol–water partition coefficient (Wildman–Crippen LogP) is 2.66. The Morgan fingerprint density at radius 2 is 1.12 bits per heavy atom. The zero-order valence-electron chi connectivity index (χ0n) is 7.99. The molecule has 0 fully saturated rings. The maximum atomic E-state index is 10.5. The normalized spacial score (nSPS) is 10.2. The molecule has 0 radical (unpaired) electrons. The van der Waals surface area contributed by atoms with Crippen molar-refractivity contribution < 1.29 is 9.85 Å². The first kappa shape index (κ1) is 10.0. The second-order valence-corrected chi connectivity index (χ2v) is 3.23. The molecule has 0 aliphatic rings. The van der Waals surface area contributed by atoms with E-state index in [1.165, 1.54) is 36.4 Å². The maximum Gasteiger partial charge on any atom is 0.270 e. The van der Waals surface area contributed by atoms with Gasteiger partial charge >= 0.3 is 0 Å². The lowest BCUT2D eigenvalue weighted by atomic mass is 10.1. The molecule has 2 aromatic carbocycles. The first-order valence-corrected chi connectivity index (χ1v) is 4.40. The van der Waals surface area contributed by atoms with Gasteiger partial charge in [-0.3, -0.25) is 20.2 Å². The molecule has 0 N–H and O–H groups in total. The number of rotatable bonds is 2. The van der Waals surface area contributed by atoms with E-state index in [0.29, 0.717) is 10.8 Å². The van der Waals surface area contributed by atoms with Gasteiger partial charge in [-0.1, -0.05) is 0 Å². The van der Waals surface area contributed by atoms with Crippen LogP contribution in [0.3, 0.4) is 0 Å². The lowest BCUT2D eigenvalue weighted by molar-refractivity contribution is -0.385. The summed E-state index contributed by atoms with van der Waals surface area (Å²) in [6.07, 6.45) is 0. The van der Waals surface area contributed by atoms with E-state index in [-0.39, 0.29) is 11.4 Å². The van der Waals surface area contributed by atoms with E-state index in [2.05, 4.69) is 0 Å². The third-order valence-corrected chi connectivity index (χ3v) is 2.23. The van der Waals surface area contributed by atoms with Crippen LogP contribution in [0.4, 0.5) is 11.4 Å². The van der Waals surface area contributed by atoms with Gasteiger partial charge in [-0.2, -0.15) is 0 Å². The summed E-state index contributed by atoms with van der Waals surface area (Å²) in [5.74, 6) is 0. The van der Waals surface area contributed by atoms with E-state index < -0.39 is 9.85 Å². The van der Waals surface area contributed by atoms with Crippen LogP contribution in [0.2, 0.25) is 0 Å². The first-order chi connectivity index (χ1) is 7.58. The average molecular weight is 218 g/mol. The van der Waals surface area contributed by atoms with Crippen LogP contribution in [0.25, 0.3) is 10.8 Å². The summed E-state index contributed by atoms with van der Waals surface area (Å²) in [5.41, 5.74) is -0.0530. The van der Waals surface area contributed by atoms with Gasteiger partial charge in [0.15, 0.2) is 0 Å². The third kappa shape index (κ3) is 1.68. The Hall–Kier alpha value is -2.50. The number of nitrogens with zero attached hydrogens (tertiary/aromatic N) is 2. The number of nitro groups is 2. The molecule has 0 unspecified atom stereocenters. The van der Waals surface area contributed by atoms with Crippen LogP contribution in [0.5, 0.6) is 0 Å². The molecule has 0 amide bonds. The van der Waals surface area contributed by atoms with Crippen LogP contribution < -0.4 is 0 Å². The third-order valence-electron chi connectivity index (χ3n) is 2.23. The Labute approximate surface area is 89.4 Å². The summed E-state index contributed by atoms with van der Waals surface area (Å²) in [5, 5.41) is 22.3. The number of hydrogen-bond acceptors (Lipinski definition) is 4. The number of hydrogen-bond donors (Lipinski definition) is 0. The van der Waals surface area contributed by atoms with Crippen molar-refractivity contribution in [2.75, 3.05) is 0 Å². The van der Waals surface area contributed by atoms with Crippen molar-refractivity contribution >= 4 is 22.1 Å². The number of non-ortho nitro benzene ring substituents is 2. The average Bonchev–Trinajstić information content (AvgIpc) is 2.27. The molecule has 0 spiro atoms. The lowest BCUT2D eigenvalue weighted by Crippen LogP contribution is -1.89. The fourth-order valence-corrected chi connectivity index (χ4v) is 1.45. The molecule has 0 saturated carbocycles. The maximum absolute atomic E-state index is 10.5. The molecule has 6 heteroatoms. The zero-order chi connectivity index (χ0) is 11.7. The van der Waals surface area contributed by atoms with Gasteiger partial charge < -0.3 is 0 Å². The molecule has 80 valence electrons. The van der Waals surface area contributed by atoms with Crippen molar-refractivity contribution in [3.05, 3.63) is 56.6 Å². The summed E-state index contributed by atoms with van der Waals surface area (Å²) in [7, 11) is 0. The molecule has 0 aromatic heterocycles. The zero-order valence-corrected chi connectivity index (χ0v) is 7.99. The van der Waals surface area contributed by atoms with Crippen molar-refractivity contribution in [2.24, 2.45) is 0 Å². The van der Waals surface area contributed by atoms with Crippen molar-refractivity contribution in [2.45, 2.75) is 0 Å². The largest absolute Gasteiger partial charge is 0.270 e. The molecule has 6 nitrogen and oxygen atoms in total. The predicted molar refractivity (Wildman–Crippen MR) is 57.3 cm³/mol. The highest BCUT2D eigenvalue weighted by Gasteiger charge is 2.09. The summed E-state index contributed by atoms with van der Waals surface area (Å²) in [6.45, 7) is 0. The van der Waals surface area contributed by atoms with E-state index in [4.69, 9.17) is 0 Å².